The van der Waals surface area contributed by atoms with Gasteiger partial charge in [-0.25, -0.2) is 18.7 Å². The number of nitrogens with zero attached hydrogens (tertiary/aromatic N) is 5. The summed E-state index contributed by atoms with van der Waals surface area (Å²) in [5.41, 5.74) is 2.65. The van der Waals surface area contributed by atoms with Crippen LogP contribution >= 0.6 is 0 Å². The standard InChI is InChI=1S/C29H36F2N6O2/c1-18(2)37-12-13-39-28-22(30)14-19(15-25(28)37)27-23(31)17-32-29(34-27)33-20-6-7-24(26(16-20)38-5)36-10-8-21(9-11-36)35(3)4/h6-7,14-18,21H,8-13H2,1-5H3,(H,32,33,34). The number of anilines is 4. The van der Waals surface area contributed by atoms with E-state index in [1.54, 1.807) is 13.2 Å². The molecule has 0 radical (unpaired) electrons. The number of aromatic nitrogens is 2. The first-order chi connectivity index (χ1) is 18.7. The molecule has 0 unspecified atom stereocenters. The van der Waals surface area contributed by atoms with E-state index in [1.165, 1.54) is 6.07 Å². The number of hydrogen-bond acceptors (Lipinski definition) is 8. The lowest BCUT2D eigenvalue weighted by Gasteiger charge is -2.37. The first-order valence-corrected chi connectivity index (χ1v) is 13.4. The summed E-state index contributed by atoms with van der Waals surface area (Å²) in [5.74, 6) is -0.0685. The van der Waals surface area contributed by atoms with Crippen LogP contribution in [0.2, 0.25) is 0 Å². The highest BCUT2D eigenvalue weighted by molar-refractivity contribution is 5.73. The number of nitrogens with one attached hydrogen (secondary N) is 1. The third-order valence-corrected chi connectivity index (χ3v) is 7.52. The number of halogens is 2. The maximum Gasteiger partial charge on any atom is 0.227 e. The Morgan fingerprint density at radius 3 is 2.51 bits per heavy atom. The van der Waals surface area contributed by atoms with Crippen LogP contribution in [0.15, 0.2) is 36.5 Å². The van der Waals surface area contributed by atoms with E-state index >= 15 is 4.39 Å². The average molecular weight is 539 g/mol. The smallest absolute Gasteiger partial charge is 0.227 e. The lowest BCUT2D eigenvalue weighted by molar-refractivity contribution is 0.249. The van der Waals surface area contributed by atoms with Gasteiger partial charge >= 0.3 is 0 Å². The summed E-state index contributed by atoms with van der Waals surface area (Å²) < 4.78 is 41.2. The molecule has 2 aromatic carbocycles. The predicted molar refractivity (Wildman–Crippen MR) is 151 cm³/mol. The van der Waals surface area contributed by atoms with Gasteiger partial charge in [-0.2, -0.15) is 0 Å². The lowest BCUT2D eigenvalue weighted by Crippen LogP contribution is -2.42. The number of rotatable bonds is 7. The number of fused-ring (bicyclic) bond motifs is 1. The molecule has 1 saturated heterocycles. The zero-order chi connectivity index (χ0) is 27.7. The maximum atomic E-state index is 15.0. The van der Waals surface area contributed by atoms with Crippen molar-refractivity contribution in [2.45, 2.75) is 38.8 Å². The average Bonchev–Trinajstić information content (AvgIpc) is 2.93. The summed E-state index contributed by atoms with van der Waals surface area (Å²) in [6.45, 7) is 6.98. The van der Waals surface area contributed by atoms with Gasteiger partial charge in [0, 0.05) is 42.5 Å². The Morgan fingerprint density at radius 1 is 1.05 bits per heavy atom. The molecule has 0 atom stereocenters. The highest BCUT2D eigenvalue weighted by atomic mass is 19.1. The second-order valence-corrected chi connectivity index (χ2v) is 10.5. The molecule has 2 aliphatic heterocycles. The molecule has 0 aliphatic carbocycles. The van der Waals surface area contributed by atoms with Crippen LogP contribution in [-0.2, 0) is 0 Å². The van der Waals surface area contributed by atoms with Crippen LogP contribution in [-0.4, -0.2) is 74.4 Å². The molecule has 0 amide bonds. The van der Waals surface area contributed by atoms with Crippen LogP contribution < -0.4 is 24.6 Å². The Kier molecular flexibility index (Phi) is 7.74. The van der Waals surface area contributed by atoms with Crippen molar-refractivity contribution in [3.63, 3.8) is 0 Å². The summed E-state index contributed by atoms with van der Waals surface area (Å²) in [6.07, 6.45) is 3.28. The van der Waals surface area contributed by atoms with Gasteiger partial charge in [0.2, 0.25) is 5.95 Å². The number of methoxy groups -OCH3 is 1. The monoisotopic (exact) mass is 538 g/mol. The van der Waals surface area contributed by atoms with E-state index in [1.807, 2.05) is 36.9 Å². The van der Waals surface area contributed by atoms with E-state index in [9.17, 15) is 4.39 Å². The largest absolute Gasteiger partial charge is 0.495 e. The van der Waals surface area contributed by atoms with E-state index in [-0.39, 0.29) is 23.4 Å². The molecule has 2 aliphatic rings. The van der Waals surface area contributed by atoms with Crippen molar-refractivity contribution in [3.8, 4) is 22.8 Å². The molecule has 39 heavy (non-hydrogen) atoms. The highest BCUT2D eigenvalue weighted by Crippen LogP contribution is 2.40. The Hall–Kier alpha value is -3.66. The number of benzene rings is 2. The Balaban J connectivity index is 1.39. The van der Waals surface area contributed by atoms with Crippen LogP contribution in [0.25, 0.3) is 11.3 Å². The second kappa shape index (κ2) is 11.2. The Bertz CT molecular complexity index is 1330. The van der Waals surface area contributed by atoms with Gasteiger partial charge in [-0.3, -0.25) is 0 Å². The Labute approximate surface area is 228 Å². The van der Waals surface area contributed by atoms with E-state index < -0.39 is 11.6 Å². The fraction of sp³-hybridized carbons (Fsp3) is 0.448. The third-order valence-electron chi connectivity index (χ3n) is 7.52. The lowest BCUT2D eigenvalue weighted by atomic mass is 10.0. The summed E-state index contributed by atoms with van der Waals surface area (Å²) in [6, 6.07) is 9.53. The van der Waals surface area contributed by atoms with Crippen molar-refractivity contribution in [1.82, 2.24) is 14.9 Å². The first-order valence-electron chi connectivity index (χ1n) is 13.4. The number of ether oxygens (including phenoxy) is 2. The molecule has 1 fully saturated rings. The molecule has 3 aromatic rings. The fourth-order valence-corrected chi connectivity index (χ4v) is 5.37. The van der Waals surface area contributed by atoms with E-state index in [4.69, 9.17) is 9.47 Å². The van der Waals surface area contributed by atoms with Gasteiger partial charge in [0.25, 0.3) is 0 Å². The first kappa shape index (κ1) is 26.9. The molecule has 0 spiro atoms. The van der Waals surface area contributed by atoms with Crippen LogP contribution in [0.4, 0.5) is 31.8 Å². The molecule has 1 N–H and O–H groups in total. The topological polar surface area (TPSA) is 66.0 Å². The summed E-state index contributed by atoms with van der Waals surface area (Å²) >= 11 is 0. The van der Waals surface area contributed by atoms with Crippen LogP contribution in [0.1, 0.15) is 26.7 Å². The van der Waals surface area contributed by atoms with Crippen molar-refractivity contribution >= 4 is 23.0 Å². The van der Waals surface area contributed by atoms with E-state index in [2.05, 4.69) is 39.2 Å². The molecule has 0 saturated carbocycles. The predicted octanol–water partition coefficient (Wildman–Crippen LogP) is 5.31. The van der Waals surface area contributed by atoms with Crippen molar-refractivity contribution in [2.75, 3.05) is 62.6 Å². The van der Waals surface area contributed by atoms with Crippen molar-refractivity contribution < 1.29 is 18.3 Å². The molecule has 10 heteroatoms. The van der Waals surface area contributed by atoms with Gasteiger partial charge in [0.15, 0.2) is 17.4 Å². The summed E-state index contributed by atoms with van der Waals surface area (Å²) in [4.78, 5) is 15.2. The minimum atomic E-state index is -0.637. The van der Waals surface area contributed by atoms with Gasteiger partial charge in [-0.05, 0) is 65.0 Å². The second-order valence-electron chi connectivity index (χ2n) is 10.5. The van der Waals surface area contributed by atoms with Gasteiger partial charge in [-0.1, -0.05) is 0 Å². The SMILES string of the molecule is COc1cc(Nc2ncc(F)c(-c3cc(F)c4c(c3)N(C(C)C)CCO4)n2)ccc1N1CCC(N(C)C)CC1. The highest BCUT2D eigenvalue weighted by Gasteiger charge is 2.26. The maximum absolute atomic E-state index is 15.0. The minimum Gasteiger partial charge on any atom is -0.495 e. The summed E-state index contributed by atoms with van der Waals surface area (Å²) in [5, 5.41) is 3.15. The van der Waals surface area contributed by atoms with Crippen molar-refractivity contribution in [1.29, 1.82) is 0 Å². The molecule has 5 rings (SSSR count). The van der Waals surface area contributed by atoms with Gasteiger partial charge in [0.05, 0.1) is 31.2 Å². The van der Waals surface area contributed by atoms with Crippen molar-refractivity contribution in [2.24, 2.45) is 0 Å². The molecule has 1 aromatic heterocycles. The van der Waals surface area contributed by atoms with Crippen LogP contribution in [0, 0.1) is 11.6 Å². The van der Waals surface area contributed by atoms with Crippen molar-refractivity contribution in [3.05, 3.63) is 48.2 Å². The summed E-state index contributed by atoms with van der Waals surface area (Å²) in [7, 11) is 5.90. The minimum absolute atomic E-state index is 0.0100. The van der Waals surface area contributed by atoms with Gasteiger partial charge in [0.1, 0.15) is 18.1 Å². The normalized spacial score (nSPS) is 15.9. The third kappa shape index (κ3) is 5.56. The van der Waals surface area contributed by atoms with Gasteiger partial charge < -0.3 is 29.5 Å². The van der Waals surface area contributed by atoms with E-state index in [0.29, 0.717) is 36.1 Å². The molecule has 208 valence electrons. The molecular weight excluding hydrogens is 502 g/mol. The Morgan fingerprint density at radius 2 is 1.82 bits per heavy atom. The van der Waals surface area contributed by atoms with Gasteiger partial charge in [-0.15, -0.1) is 0 Å². The van der Waals surface area contributed by atoms with E-state index in [0.717, 1.165) is 43.6 Å². The quantitative estimate of drug-likeness (QED) is 0.434. The van der Waals surface area contributed by atoms with Crippen LogP contribution in [0.5, 0.6) is 11.5 Å². The zero-order valence-electron chi connectivity index (χ0n) is 23.2. The molecular formula is C29H36F2N6O2. The molecule has 0 bridgehead atoms. The molecule has 8 nitrogen and oxygen atoms in total. The fourth-order valence-electron chi connectivity index (χ4n) is 5.37. The molecule has 3 heterocycles. The number of hydrogen-bond donors (Lipinski definition) is 1. The number of piperidine rings is 1. The van der Waals surface area contributed by atoms with Crippen LogP contribution in [0.3, 0.4) is 0 Å². The zero-order valence-corrected chi connectivity index (χ0v) is 23.2.